The van der Waals surface area contributed by atoms with E-state index in [1.165, 1.54) is 12.1 Å². The van der Waals surface area contributed by atoms with E-state index in [-0.39, 0.29) is 11.8 Å². The predicted molar refractivity (Wildman–Crippen MR) is 95.3 cm³/mol. The lowest BCUT2D eigenvalue weighted by atomic mass is 10.0. The second-order valence-corrected chi connectivity index (χ2v) is 7.22. The van der Waals surface area contributed by atoms with Gasteiger partial charge in [-0.25, -0.2) is 0 Å². The smallest absolute Gasteiger partial charge is 0.272 e. The predicted octanol–water partition coefficient (Wildman–Crippen LogP) is 3.59. The molecule has 2 heterocycles. The third-order valence-electron chi connectivity index (χ3n) is 4.78. The number of anilines is 1. The largest absolute Gasteiger partial charge is 0.376 e. The first kappa shape index (κ1) is 17.7. The van der Waals surface area contributed by atoms with E-state index < -0.39 is 4.92 Å². The molecule has 1 aromatic rings. The van der Waals surface area contributed by atoms with Crippen molar-refractivity contribution in [2.45, 2.75) is 31.9 Å². The molecule has 1 unspecified atom stereocenters. The summed E-state index contributed by atoms with van der Waals surface area (Å²) in [4.78, 5) is 15.1. The molecule has 0 aromatic heterocycles. The van der Waals surface area contributed by atoms with Gasteiger partial charge >= 0.3 is 0 Å². The molecule has 6 nitrogen and oxygen atoms in total. The highest BCUT2D eigenvalue weighted by Gasteiger charge is 2.29. The van der Waals surface area contributed by atoms with E-state index >= 15 is 0 Å². The van der Waals surface area contributed by atoms with E-state index in [1.54, 1.807) is 0 Å². The number of non-ortho nitro benzene ring substituents is 1. The van der Waals surface area contributed by atoms with Gasteiger partial charge in [0, 0.05) is 44.4 Å². The van der Waals surface area contributed by atoms with Crippen LogP contribution in [-0.4, -0.2) is 54.8 Å². The number of rotatable bonds is 3. The van der Waals surface area contributed by atoms with Gasteiger partial charge in [0.2, 0.25) is 0 Å². The topological polar surface area (TPSA) is 58.9 Å². The molecule has 8 heteroatoms. The number of piperidine rings is 1. The summed E-state index contributed by atoms with van der Waals surface area (Å²) in [6.07, 6.45) is 2.34. The highest BCUT2D eigenvalue weighted by molar-refractivity contribution is 6.39. The zero-order valence-corrected chi connectivity index (χ0v) is 15.1. The minimum absolute atomic E-state index is 0.0778. The Kier molecular flexibility index (Phi) is 5.49. The number of morpholine rings is 1. The summed E-state index contributed by atoms with van der Waals surface area (Å²) >= 11 is 12.5. The SMILES string of the molecule is CC1CN(C2CCN(c3c(Cl)cc([N+](=O)[O-])cc3Cl)CC2)CCO1. The van der Waals surface area contributed by atoms with Gasteiger partial charge in [0.05, 0.1) is 33.4 Å². The first-order valence-electron chi connectivity index (χ1n) is 8.19. The number of hydrogen-bond donors (Lipinski definition) is 0. The van der Waals surface area contributed by atoms with Crippen molar-refractivity contribution in [1.29, 1.82) is 0 Å². The van der Waals surface area contributed by atoms with Crippen LogP contribution in [0.2, 0.25) is 10.0 Å². The quantitative estimate of drug-likeness (QED) is 0.598. The van der Waals surface area contributed by atoms with E-state index in [9.17, 15) is 10.1 Å². The molecule has 0 radical (unpaired) electrons. The van der Waals surface area contributed by atoms with Crippen LogP contribution < -0.4 is 4.90 Å². The first-order valence-corrected chi connectivity index (χ1v) is 8.95. The molecule has 1 atom stereocenters. The highest BCUT2D eigenvalue weighted by atomic mass is 35.5. The van der Waals surface area contributed by atoms with Crippen molar-refractivity contribution in [2.75, 3.05) is 37.7 Å². The minimum Gasteiger partial charge on any atom is -0.376 e. The number of nitro benzene ring substituents is 1. The maximum atomic E-state index is 10.9. The molecule has 1 aromatic carbocycles. The zero-order valence-electron chi connectivity index (χ0n) is 13.6. The Morgan fingerprint density at radius 3 is 2.38 bits per heavy atom. The van der Waals surface area contributed by atoms with Gasteiger partial charge in [0.1, 0.15) is 0 Å². The average molecular weight is 374 g/mol. The second-order valence-electron chi connectivity index (χ2n) is 6.41. The molecular formula is C16H21Cl2N3O3. The van der Waals surface area contributed by atoms with Crippen LogP contribution in [-0.2, 0) is 4.74 Å². The number of nitro groups is 1. The van der Waals surface area contributed by atoms with Gasteiger partial charge in [-0.2, -0.15) is 0 Å². The molecule has 24 heavy (non-hydrogen) atoms. The van der Waals surface area contributed by atoms with Crippen LogP contribution in [0.5, 0.6) is 0 Å². The number of nitrogens with zero attached hydrogens (tertiary/aromatic N) is 3. The summed E-state index contributed by atoms with van der Waals surface area (Å²) in [5, 5.41) is 11.6. The van der Waals surface area contributed by atoms with Crippen molar-refractivity contribution in [1.82, 2.24) is 4.90 Å². The van der Waals surface area contributed by atoms with E-state index in [0.717, 1.165) is 45.6 Å². The number of halogens is 2. The molecule has 2 aliphatic heterocycles. The summed E-state index contributed by atoms with van der Waals surface area (Å²) in [6, 6.07) is 3.29. The van der Waals surface area contributed by atoms with Crippen molar-refractivity contribution in [2.24, 2.45) is 0 Å². The maximum Gasteiger partial charge on any atom is 0.272 e. The minimum atomic E-state index is -0.479. The molecule has 2 fully saturated rings. The fourth-order valence-electron chi connectivity index (χ4n) is 3.59. The van der Waals surface area contributed by atoms with Crippen LogP contribution in [0, 0.1) is 10.1 Å². The van der Waals surface area contributed by atoms with E-state index in [0.29, 0.717) is 21.8 Å². The molecule has 132 valence electrons. The Bertz CT molecular complexity index is 598. The maximum absolute atomic E-state index is 10.9. The number of hydrogen-bond acceptors (Lipinski definition) is 5. The summed E-state index contributed by atoms with van der Waals surface area (Å²) < 4.78 is 5.61. The van der Waals surface area contributed by atoms with Gasteiger partial charge < -0.3 is 9.64 Å². The van der Waals surface area contributed by atoms with Gasteiger partial charge in [-0.1, -0.05) is 23.2 Å². The highest BCUT2D eigenvalue weighted by Crippen LogP contribution is 2.39. The standard InChI is InChI=1S/C16H21Cl2N3O3/c1-11-10-20(6-7-24-11)12-2-4-19(5-3-12)16-14(17)8-13(21(22)23)9-15(16)18/h8-9,11-12H,2-7,10H2,1H3. The molecule has 2 aliphatic rings. The first-order chi connectivity index (χ1) is 11.5. The van der Waals surface area contributed by atoms with E-state index in [1.807, 2.05) is 0 Å². The molecule has 2 saturated heterocycles. The third kappa shape index (κ3) is 3.77. The fraction of sp³-hybridized carbons (Fsp3) is 0.625. The van der Waals surface area contributed by atoms with Crippen LogP contribution in [0.15, 0.2) is 12.1 Å². The molecule has 0 N–H and O–H groups in total. The molecule has 3 rings (SSSR count). The van der Waals surface area contributed by atoms with Crippen LogP contribution in [0.4, 0.5) is 11.4 Å². The average Bonchev–Trinajstić information content (AvgIpc) is 2.54. The van der Waals surface area contributed by atoms with Crippen molar-refractivity contribution in [3.63, 3.8) is 0 Å². The van der Waals surface area contributed by atoms with E-state index in [4.69, 9.17) is 27.9 Å². The monoisotopic (exact) mass is 373 g/mol. The zero-order chi connectivity index (χ0) is 17.3. The van der Waals surface area contributed by atoms with Gasteiger partial charge in [0.15, 0.2) is 0 Å². The Morgan fingerprint density at radius 2 is 1.83 bits per heavy atom. The molecule has 0 aliphatic carbocycles. The number of ether oxygens (including phenoxy) is 1. The molecule has 0 bridgehead atoms. The van der Waals surface area contributed by atoms with Gasteiger partial charge in [-0.3, -0.25) is 15.0 Å². The lowest BCUT2D eigenvalue weighted by Crippen LogP contribution is -2.51. The second kappa shape index (κ2) is 7.44. The lowest BCUT2D eigenvalue weighted by Gasteiger charge is -2.42. The third-order valence-corrected chi connectivity index (χ3v) is 5.36. The van der Waals surface area contributed by atoms with Crippen molar-refractivity contribution < 1.29 is 9.66 Å². The van der Waals surface area contributed by atoms with Crippen LogP contribution in [0.3, 0.4) is 0 Å². The molecule has 0 spiro atoms. The van der Waals surface area contributed by atoms with Gasteiger partial charge in [-0.15, -0.1) is 0 Å². The summed E-state index contributed by atoms with van der Waals surface area (Å²) in [6.45, 7) is 6.54. The fourth-order valence-corrected chi connectivity index (χ4v) is 4.31. The lowest BCUT2D eigenvalue weighted by molar-refractivity contribution is -0.384. The molecule has 0 amide bonds. The summed E-state index contributed by atoms with van der Waals surface area (Å²) in [5.41, 5.74) is 0.628. The van der Waals surface area contributed by atoms with Crippen LogP contribution >= 0.6 is 23.2 Å². The molecular weight excluding hydrogens is 353 g/mol. The Hall–Kier alpha value is -1.08. The summed E-state index contributed by atoms with van der Waals surface area (Å²) in [7, 11) is 0. The molecule has 0 saturated carbocycles. The Labute approximate surface area is 151 Å². The van der Waals surface area contributed by atoms with Gasteiger partial charge in [0.25, 0.3) is 5.69 Å². The van der Waals surface area contributed by atoms with Crippen molar-refractivity contribution in [3.05, 3.63) is 32.3 Å². The number of benzene rings is 1. The van der Waals surface area contributed by atoms with Crippen molar-refractivity contribution >= 4 is 34.6 Å². The van der Waals surface area contributed by atoms with E-state index in [2.05, 4.69) is 16.7 Å². The van der Waals surface area contributed by atoms with Crippen molar-refractivity contribution in [3.8, 4) is 0 Å². The Morgan fingerprint density at radius 1 is 1.21 bits per heavy atom. The summed E-state index contributed by atoms with van der Waals surface area (Å²) in [5.74, 6) is 0. The van der Waals surface area contributed by atoms with Crippen LogP contribution in [0.1, 0.15) is 19.8 Å². The van der Waals surface area contributed by atoms with Gasteiger partial charge in [-0.05, 0) is 19.8 Å². The Balaban J connectivity index is 1.67. The van der Waals surface area contributed by atoms with Crippen LogP contribution in [0.25, 0.3) is 0 Å². The normalized spacial score (nSPS) is 23.5.